The smallest absolute Gasteiger partial charge is 0.0307 e. The van der Waals surface area contributed by atoms with Gasteiger partial charge in [-0.3, -0.25) is 0 Å². The van der Waals surface area contributed by atoms with Crippen LogP contribution in [0.5, 0.6) is 0 Å². The summed E-state index contributed by atoms with van der Waals surface area (Å²) in [6.45, 7) is 5.99. The summed E-state index contributed by atoms with van der Waals surface area (Å²) in [5.41, 5.74) is 7.52. The van der Waals surface area contributed by atoms with Crippen LogP contribution in [-0.4, -0.2) is 24.5 Å². The van der Waals surface area contributed by atoms with E-state index in [-0.39, 0.29) is 6.04 Å². The van der Waals surface area contributed by atoms with Gasteiger partial charge in [-0.2, -0.15) is 0 Å². The largest absolute Gasteiger partial charge is 0.324 e. The van der Waals surface area contributed by atoms with E-state index in [0.717, 1.165) is 18.9 Å². The van der Waals surface area contributed by atoms with E-state index in [1.54, 1.807) is 0 Å². The van der Waals surface area contributed by atoms with Crippen LogP contribution in [0.2, 0.25) is 0 Å². The molecule has 1 aromatic rings. The molecule has 2 N–H and O–H groups in total. The van der Waals surface area contributed by atoms with Gasteiger partial charge in [-0.25, -0.2) is 0 Å². The molecule has 1 saturated heterocycles. The fraction of sp³-hybridized carbons (Fsp3) is 0.625. The van der Waals surface area contributed by atoms with E-state index in [2.05, 4.69) is 36.1 Å². The Morgan fingerprint density at radius 1 is 1.33 bits per heavy atom. The predicted molar refractivity (Wildman–Crippen MR) is 77.4 cm³/mol. The second-order valence-corrected chi connectivity index (χ2v) is 5.52. The van der Waals surface area contributed by atoms with Gasteiger partial charge in [0.1, 0.15) is 0 Å². The van der Waals surface area contributed by atoms with Crippen LogP contribution < -0.4 is 5.73 Å². The SMILES string of the molecule is CCC1CCCN(CCC(N)c2ccccc2)C1. The maximum absolute atomic E-state index is 6.25. The summed E-state index contributed by atoms with van der Waals surface area (Å²) in [6.07, 6.45) is 5.17. The van der Waals surface area contributed by atoms with Gasteiger partial charge in [0.25, 0.3) is 0 Å². The average molecular weight is 246 g/mol. The standard InChI is InChI=1S/C16H26N2/c1-2-14-7-6-11-18(13-14)12-10-16(17)15-8-4-3-5-9-15/h3-5,8-9,14,16H,2,6-7,10-13,17H2,1H3. The zero-order valence-corrected chi connectivity index (χ0v) is 11.5. The highest BCUT2D eigenvalue weighted by Crippen LogP contribution is 2.21. The van der Waals surface area contributed by atoms with Gasteiger partial charge in [-0.15, -0.1) is 0 Å². The number of hydrogen-bond donors (Lipinski definition) is 1. The second kappa shape index (κ2) is 6.91. The normalized spacial score (nSPS) is 22.9. The number of nitrogens with zero attached hydrogens (tertiary/aromatic N) is 1. The monoisotopic (exact) mass is 246 g/mol. The number of likely N-dealkylation sites (tertiary alicyclic amines) is 1. The molecule has 2 atom stereocenters. The summed E-state index contributed by atoms with van der Waals surface area (Å²) in [4.78, 5) is 2.60. The molecule has 1 aliphatic heterocycles. The van der Waals surface area contributed by atoms with Crippen LogP contribution in [0.3, 0.4) is 0 Å². The molecule has 1 fully saturated rings. The molecule has 1 aromatic carbocycles. The van der Waals surface area contributed by atoms with E-state index < -0.39 is 0 Å². The first-order chi connectivity index (χ1) is 8.79. The third-order valence-electron chi connectivity index (χ3n) is 4.16. The zero-order valence-electron chi connectivity index (χ0n) is 11.5. The highest BCUT2D eigenvalue weighted by Gasteiger charge is 2.18. The van der Waals surface area contributed by atoms with Gasteiger partial charge >= 0.3 is 0 Å². The third kappa shape index (κ3) is 3.82. The number of nitrogens with two attached hydrogens (primary N) is 1. The lowest BCUT2D eigenvalue weighted by Crippen LogP contribution is -2.36. The van der Waals surface area contributed by atoms with Crippen molar-refractivity contribution >= 4 is 0 Å². The van der Waals surface area contributed by atoms with Crippen LogP contribution in [0.15, 0.2) is 30.3 Å². The molecule has 1 heterocycles. The molecule has 0 radical (unpaired) electrons. The van der Waals surface area contributed by atoms with E-state index in [4.69, 9.17) is 5.73 Å². The first kappa shape index (κ1) is 13.6. The average Bonchev–Trinajstić information content (AvgIpc) is 2.46. The van der Waals surface area contributed by atoms with Gasteiger partial charge in [-0.05, 0) is 43.8 Å². The van der Waals surface area contributed by atoms with Gasteiger partial charge in [-0.1, -0.05) is 43.7 Å². The molecule has 100 valence electrons. The van der Waals surface area contributed by atoms with Crippen LogP contribution >= 0.6 is 0 Å². The number of piperidine rings is 1. The highest BCUT2D eigenvalue weighted by molar-refractivity contribution is 5.18. The van der Waals surface area contributed by atoms with Crippen LogP contribution in [0.4, 0.5) is 0 Å². The quantitative estimate of drug-likeness (QED) is 0.864. The molecule has 0 aromatic heterocycles. The van der Waals surface area contributed by atoms with Crippen molar-refractivity contribution in [2.75, 3.05) is 19.6 Å². The molecule has 2 nitrogen and oxygen atoms in total. The van der Waals surface area contributed by atoms with Gasteiger partial charge < -0.3 is 10.6 Å². The second-order valence-electron chi connectivity index (χ2n) is 5.52. The minimum absolute atomic E-state index is 0.188. The Bertz CT molecular complexity index is 336. The molecule has 0 aliphatic carbocycles. The molecule has 1 aliphatic rings. The van der Waals surface area contributed by atoms with Crippen molar-refractivity contribution in [1.82, 2.24) is 4.90 Å². The maximum atomic E-state index is 6.25. The number of hydrogen-bond acceptors (Lipinski definition) is 2. The van der Waals surface area contributed by atoms with E-state index in [1.807, 2.05) is 6.07 Å². The van der Waals surface area contributed by atoms with Crippen LogP contribution in [0.1, 0.15) is 44.2 Å². The Labute approximate surface area is 111 Å². The summed E-state index contributed by atoms with van der Waals surface area (Å²) >= 11 is 0. The minimum atomic E-state index is 0.188. The molecule has 18 heavy (non-hydrogen) atoms. The van der Waals surface area contributed by atoms with Gasteiger partial charge in [0.15, 0.2) is 0 Å². The molecule has 0 spiro atoms. The fourth-order valence-electron chi connectivity index (χ4n) is 2.88. The summed E-state index contributed by atoms with van der Waals surface area (Å²) in [7, 11) is 0. The molecule has 0 amide bonds. The predicted octanol–water partition coefficient (Wildman–Crippen LogP) is 3.20. The van der Waals surface area contributed by atoms with Crippen molar-refractivity contribution in [3.63, 3.8) is 0 Å². The van der Waals surface area contributed by atoms with Gasteiger partial charge in [0, 0.05) is 12.6 Å². The Kier molecular flexibility index (Phi) is 5.21. The van der Waals surface area contributed by atoms with Crippen molar-refractivity contribution in [2.45, 2.75) is 38.6 Å². The molecule has 0 saturated carbocycles. The zero-order chi connectivity index (χ0) is 12.8. The first-order valence-corrected chi connectivity index (χ1v) is 7.32. The Morgan fingerprint density at radius 3 is 2.83 bits per heavy atom. The summed E-state index contributed by atoms with van der Waals surface area (Å²) in [5, 5.41) is 0. The summed E-state index contributed by atoms with van der Waals surface area (Å²) < 4.78 is 0. The van der Waals surface area contributed by atoms with Crippen LogP contribution in [0.25, 0.3) is 0 Å². The van der Waals surface area contributed by atoms with E-state index in [1.165, 1.54) is 37.9 Å². The van der Waals surface area contributed by atoms with E-state index in [9.17, 15) is 0 Å². The Balaban J connectivity index is 1.77. The Morgan fingerprint density at radius 2 is 2.11 bits per heavy atom. The lowest BCUT2D eigenvalue weighted by Gasteiger charge is -2.32. The fourth-order valence-corrected chi connectivity index (χ4v) is 2.88. The molecular weight excluding hydrogens is 220 g/mol. The van der Waals surface area contributed by atoms with Crippen molar-refractivity contribution in [3.05, 3.63) is 35.9 Å². The maximum Gasteiger partial charge on any atom is 0.0307 e. The molecule has 2 unspecified atom stereocenters. The van der Waals surface area contributed by atoms with Crippen molar-refractivity contribution < 1.29 is 0 Å². The van der Waals surface area contributed by atoms with Gasteiger partial charge in [0.2, 0.25) is 0 Å². The highest BCUT2D eigenvalue weighted by atomic mass is 15.1. The van der Waals surface area contributed by atoms with E-state index in [0.29, 0.717) is 0 Å². The number of rotatable bonds is 5. The number of benzene rings is 1. The molecule has 0 bridgehead atoms. The van der Waals surface area contributed by atoms with E-state index >= 15 is 0 Å². The van der Waals surface area contributed by atoms with Crippen LogP contribution in [0, 0.1) is 5.92 Å². The lowest BCUT2D eigenvalue weighted by atomic mass is 9.95. The summed E-state index contributed by atoms with van der Waals surface area (Å²) in [5.74, 6) is 0.909. The molecular formula is C16H26N2. The third-order valence-corrected chi connectivity index (χ3v) is 4.16. The molecule has 2 heteroatoms. The summed E-state index contributed by atoms with van der Waals surface area (Å²) in [6, 6.07) is 10.7. The Hall–Kier alpha value is -0.860. The minimum Gasteiger partial charge on any atom is -0.324 e. The van der Waals surface area contributed by atoms with Gasteiger partial charge in [0.05, 0.1) is 0 Å². The van der Waals surface area contributed by atoms with Crippen molar-refractivity contribution in [2.24, 2.45) is 11.7 Å². The van der Waals surface area contributed by atoms with Crippen molar-refractivity contribution in [3.8, 4) is 0 Å². The topological polar surface area (TPSA) is 29.3 Å². The first-order valence-electron chi connectivity index (χ1n) is 7.32. The lowest BCUT2D eigenvalue weighted by molar-refractivity contribution is 0.167. The molecule has 2 rings (SSSR count). The van der Waals surface area contributed by atoms with Crippen LogP contribution in [-0.2, 0) is 0 Å². The van der Waals surface area contributed by atoms with Crippen molar-refractivity contribution in [1.29, 1.82) is 0 Å².